The summed E-state index contributed by atoms with van der Waals surface area (Å²) in [4.78, 5) is 4.46. The minimum absolute atomic E-state index is 0.138. The average Bonchev–Trinajstić information content (AvgIpc) is 3.06. The van der Waals surface area contributed by atoms with Crippen molar-refractivity contribution >= 4 is 38.9 Å². The number of nitrogens with zero attached hydrogens (tertiary/aromatic N) is 2. The number of benzene rings is 2. The molecule has 1 heterocycles. The number of nitriles is 1. The molecule has 0 unspecified atom stereocenters. The number of hydrogen-bond donors (Lipinski definition) is 1. The van der Waals surface area contributed by atoms with E-state index in [1.54, 1.807) is 36.4 Å². The standard InChI is InChI=1S/C18H10BrFN2OS/c19-15-8-11(1-6-17(15)23)7-13(9-21)18-22-16(10-24-18)12-2-4-14(20)5-3-12/h1-8,10,23H/b13-7-. The summed E-state index contributed by atoms with van der Waals surface area (Å²) in [6.45, 7) is 0. The van der Waals surface area contributed by atoms with Gasteiger partial charge < -0.3 is 5.11 Å². The predicted octanol–water partition coefficient (Wildman–Crippen LogP) is 5.48. The van der Waals surface area contributed by atoms with Crippen LogP contribution in [-0.4, -0.2) is 10.1 Å². The molecular weight excluding hydrogens is 391 g/mol. The summed E-state index contributed by atoms with van der Waals surface area (Å²) >= 11 is 4.60. The Bertz CT molecular complexity index is 958. The SMILES string of the molecule is N#C/C(=C/c1ccc(O)c(Br)c1)c1nc(-c2ccc(F)cc2)cs1. The van der Waals surface area contributed by atoms with Crippen molar-refractivity contribution in [2.45, 2.75) is 0 Å². The summed E-state index contributed by atoms with van der Waals surface area (Å²) in [5.41, 5.74) is 2.69. The maximum atomic E-state index is 13.0. The molecule has 1 N–H and O–H groups in total. The zero-order valence-corrected chi connectivity index (χ0v) is 14.6. The van der Waals surface area contributed by atoms with Crippen LogP contribution in [0.5, 0.6) is 5.75 Å². The molecule has 0 saturated carbocycles. The highest BCUT2D eigenvalue weighted by Crippen LogP contribution is 2.29. The highest BCUT2D eigenvalue weighted by molar-refractivity contribution is 9.10. The molecular formula is C18H10BrFN2OS. The normalized spacial score (nSPS) is 11.3. The number of aromatic nitrogens is 1. The van der Waals surface area contributed by atoms with Gasteiger partial charge in [0.2, 0.25) is 0 Å². The van der Waals surface area contributed by atoms with Gasteiger partial charge in [-0.3, -0.25) is 0 Å². The number of halogens is 2. The predicted molar refractivity (Wildman–Crippen MR) is 96.8 cm³/mol. The number of phenols is 1. The van der Waals surface area contributed by atoms with E-state index in [1.807, 2.05) is 5.38 Å². The van der Waals surface area contributed by atoms with Crippen LogP contribution in [0.2, 0.25) is 0 Å². The molecule has 118 valence electrons. The van der Waals surface area contributed by atoms with Gasteiger partial charge in [-0.2, -0.15) is 5.26 Å². The molecule has 0 aliphatic carbocycles. The molecule has 3 nitrogen and oxygen atoms in total. The maximum Gasteiger partial charge on any atom is 0.134 e. The Morgan fingerprint density at radius 3 is 2.67 bits per heavy atom. The molecule has 0 spiro atoms. The quantitative estimate of drug-likeness (QED) is 0.591. The number of aromatic hydroxyl groups is 1. The molecule has 24 heavy (non-hydrogen) atoms. The van der Waals surface area contributed by atoms with Gasteiger partial charge in [0.25, 0.3) is 0 Å². The van der Waals surface area contributed by atoms with Gasteiger partial charge in [0.1, 0.15) is 22.6 Å². The van der Waals surface area contributed by atoms with Crippen molar-refractivity contribution in [1.82, 2.24) is 4.98 Å². The van der Waals surface area contributed by atoms with Gasteiger partial charge in [0.05, 0.1) is 15.7 Å². The fourth-order valence-electron chi connectivity index (χ4n) is 2.07. The van der Waals surface area contributed by atoms with Crippen LogP contribution in [0, 0.1) is 17.1 Å². The van der Waals surface area contributed by atoms with Gasteiger partial charge in [0, 0.05) is 10.9 Å². The van der Waals surface area contributed by atoms with Crippen LogP contribution in [-0.2, 0) is 0 Å². The summed E-state index contributed by atoms with van der Waals surface area (Å²) in [6, 6.07) is 13.2. The lowest BCUT2D eigenvalue weighted by Crippen LogP contribution is -1.83. The fraction of sp³-hybridized carbons (Fsp3) is 0. The van der Waals surface area contributed by atoms with Crippen molar-refractivity contribution in [3.05, 3.63) is 68.7 Å². The molecule has 0 fully saturated rings. The van der Waals surface area contributed by atoms with E-state index < -0.39 is 0 Å². The largest absolute Gasteiger partial charge is 0.507 e. The van der Waals surface area contributed by atoms with E-state index in [0.717, 1.165) is 11.1 Å². The van der Waals surface area contributed by atoms with E-state index in [0.29, 0.717) is 20.7 Å². The number of phenolic OH excluding ortho intramolecular Hbond substituents is 1. The van der Waals surface area contributed by atoms with Crippen LogP contribution in [0.4, 0.5) is 4.39 Å². The van der Waals surface area contributed by atoms with Crippen LogP contribution >= 0.6 is 27.3 Å². The van der Waals surface area contributed by atoms with E-state index in [-0.39, 0.29) is 11.6 Å². The van der Waals surface area contributed by atoms with Crippen molar-refractivity contribution in [1.29, 1.82) is 5.26 Å². The van der Waals surface area contributed by atoms with Crippen LogP contribution in [0.25, 0.3) is 22.9 Å². The van der Waals surface area contributed by atoms with Gasteiger partial charge >= 0.3 is 0 Å². The molecule has 0 saturated heterocycles. The van der Waals surface area contributed by atoms with Crippen molar-refractivity contribution in [2.24, 2.45) is 0 Å². The first-order valence-electron chi connectivity index (χ1n) is 6.89. The highest BCUT2D eigenvalue weighted by atomic mass is 79.9. The first kappa shape index (κ1) is 16.4. The lowest BCUT2D eigenvalue weighted by Gasteiger charge is -1.99. The summed E-state index contributed by atoms with van der Waals surface area (Å²) < 4.78 is 13.6. The Morgan fingerprint density at radius 1 is 1.25 bits per heavy atom. The van der Waals surface area contributed by atoms with E-state index in [4.69, 9.17) is 0 Å². The van der Waals surface area contributed by atoms with E-state index in [9.17, 15) is 14.8 Å². The third-order valence-electron chi connectivity index (χ3n) is 3.28. The first-order valence-corrected chi connectivity index (χ1v) is 8.56. The van der Waals surface area contributed by atoms with E-state index >= 15 is 0 Å². The summed E-state index contributed by atoms with van der Waals surface area (Å²) in [5.74, 6) is -0.164. The van der Waals surface area contributed by atoms with Crippen LogP contribution < -0.4 is 0 Å². The topological polar surface area (TPSA) is 56.9 Å². The molecule has 3 rings (SSSR count). The second-order valence-electron chi connectivity index (χ2n) is 4.93. The summed E-state index contributed by atoms with van der Waals surface area (Å²) in [6.07, 6.45) is 1.71. The molecule has 0 aliphatic heterocycles. The number of hydrogen-bond acceptors (Lipinski definition) is 4. The van der Waals surface area contributed by atoms with Crippen LogP contribution in [0.3, 0.4) is 0 Å². The molecule has 3 aromatic rings. The minimum Gasteiger partial charge on any atom is -0.507 e. The molecule has 0 bridgehead atoms. The third kappa shape index (κ3) is 3.53. The Hall–Kier alpha value is -2.49. The highest BCUT2D eigenvalue weighted by Gasteiger charge is 2.10. The molecule has 0 atom stereocenters. The smallest absolute Gasteiger partial charge is 0.134 e. The van der Waals surface area contributed by atoms with Crippen molar-refractivity contribution in [3.63, 3.8) is 0 Å². The van der Waals surface area contributed by atoms with E-state index in [2.05, 4.69) is 27.0 Å². The van der Waals surface area contributed by atoms with E-state index in [1.165, 1.54) is 23.5 Å². The van der Waals surface area contributed by atoms with Gasteiger partial charge in [-0.05, 0) is 64.0 Å². The Balaban J connectivity index is 1.94. The maximum absolute atomic E-state index is 13.0. The van der Waals surface area contributed by atoms with Crippen LogP contribution in [0.15, 0.2) is 52.3 Å². The molecule has 0 aliphatic rings. The first-order chi connectivity index (χ1) is 11.6. The summed E-state index contributed by atoms with van der Waals surface area (Å²) in [5, 5.41) is 21.4. The molecule has 0 radical (unpaired) electrons. The Kier molecular flexibility index (Phi) is 4.74. The van der Waals surface area contributed by atoms with Gasteiger partial charge in [0.15, 0.2) is 0 Å². The Morgan fingerprint density at radius 2 is 2.00 bits per heavy atom. The van der Waals surface area contributed by atoms with Crippen molar-refractivity contribution in [2.75, 3.05) is 0 Å². The zero-order valence-electron chi connectivity index (χ0n) is 12.2. The Labute approximate surface area is 150 Å². The molecule has 1 aromatic heterocycles. The van der Waals surface area contributed by atoms with Gasteiger partial charge in [-0.25, -0.2) is 9.37 Å². The molecule has 6 heteroatoms. The molecule has 0 amide bonds. The van der Waals surface area contributed by atoms with Crippen molar-refractivity contribution in [3.8, 4) is 23.1 Å². The lowest BCUT2D eigenvalue weighted by molar-refractivity contribution is 0.472. The van der Waals surface area contributed by atoms with Crippen molar-refractivity contribution < 1.29 is 9.50 Å². The van der Waals surface area contributed by atoms with Gasteiger partial charge in [-0.1, -0.05) is 6.07 Å². The van der Waals surface area contributed by atoms with Crippen LogP contribution in [0.1, 0.15) is 10.6 Å². The fourth-order valence-corrected chi connectivity index (χ4v) is 3.26. The number of allylic oxidation sites excluding steroid dienone is 1. The average molecular weight is 401 g/mol. The third-order valence-corrected chi connectivity index (χ3v) is 4.79. The molecule has 2 aromatic carbocycles. The second-order valence-corrected chi connectivity index (χ2v) is 6.64. The van der Waals surface area contributed by atoms with Gasteiger partial charge in [-0.15, -0.1) is 11.3 Å². The number of rotatable bonds is 3. The second kappa shape index (κ2) is 6.95. The zero-order chi connectivity index (χ0) is 17.1. The monoisotopic (exact) mass is 400 g/mol. The minimum atomic E-state index is -0.301. The summed E-state index contributed by atoms with van der Waals surface area (Å²) in [7, 11) is 0. The lowest BCUT2D eigenvalue weighted by atomic mass is 10.1. The number of thiazole rings is 1.